The average molecular weight is 610 g/mol. The van der Waals surface area contributed by atoms with E-state index in [2.05, 4.69) is 10.0 Å². The molecule has 2 N–H and O–H groups in total. The number of hydrogen-bond acceptors (Lipinski definition) is 5. The molecule has 0 aliphatic rings. The molecule has 4 aromatic rings. The first-order chi connectivity index (χ1) is 20.2. The summed E-state index contributed by atoms with van der Waals surface area (Å²) in [6, 6.07) is 25.5. The molecular formula is C31H29ClFN3O5S. The van der Waals surface area contributed by atoms with E-state index in [1.807, 2.05) is 6.07 Å². The van der Waals surface area contributed by atoms with Crippen molar-refractivity contribution in [2.75, 3.05) is 17.9 Å². The van der Waals surface area contributed by atoms with E-state index in [4.69, 9.17) is 16.3 Å². The van der Waals surface area contributed by atoms with E-state index in [-0.39, 0.29) is 28.8 Å². The van der Waals surface area contributed by atoms with Gasteiger partial charge in [-0.05, 0) is 78.7 Å². The topological polar surface area (TPSA) is 105 Å². The molecule has 1 unspecified atom stereocenters. The van der Waals surface area contributed by atoms with Gasteiger partial charge in [0.05, 0.1) is 4.90 Å². The summed E-state index contributed by atoms with van der Waals surface area (Å²) in [6.45, 7) is 1.89. The fourth-order valence-electron chi connectivity index (χ4n) is 4.16. The largest absolute Gasteiger partial charge is 0.484 e. The SMILES string of the molecule is CCNC(=O)C(c1ccccc1)N(Cc1ccc(Cl)cc1)C(=O)COc1ccc(S(=O)(=O)Nc2ccc(F)cc2)cc1. The first kappa shape index (κ1) is 30.5. The molecule has 0 spiro atoms. The summed E-state index contributed by atoms with van der Waals surface area (Å²) in [5, 5.41) is 3.36. The molecule has 218 valence electrons. The molecule has 0 heterocycles. The highest BCUT2D eigenvalue weighted by Crippen LogP contribution is 2.25. The number of amides is 2. The Morgan fingerprint density at radius 3 is 2.17 bits per heavy atom. The van der Waals surface area contributed by atoms with Crippen molar-refractivity contribution >= 4 is 39.1 Å². The zero-order chi connectivity index (χ0) is 30.1. The molecule has 0 bridgehead atoms. The third-order valence-electron chi connectivity index (χ3n) is 6.21. The predicted molar refractivity (Wildman–Crippen MR) is 159 cm³/mol. The van der Waals surface area contributed by atoms with Crippen LogP contribution in [0.15, 0.2) is 108 Å². The minimum atomic E-state index is -3.94. The number of carbonyl (C=O) groups is 2. The molecule has 42 heavy (non-hydrogen) atoms. The molecule has 0 saturated carbocycles. The third kappa shape index (κ3) is 8.08. The molecule has 0 saturated heterocycles. The molecule has 0 radical (unpaired) electrons. The summed E-state index contributed by atoms with van der Waals surface area (Å²) in [5.74, 6) is -1.03. The Hall–Kier alpha value is -4.41. The van der Waals surface area contributed by atoms with Gasteiger partial charge in [-0.2, -0.15) is 0 Å². The Morgan fingerprint density at radius 2 is 1.55 bits per heavy atom. The van der Waals surface area contributed by atoms with Gasteiger partial charge in [-0.15, -0.1) is 0 Å². The summed E-state index contributed by atoms with van der Waals surface area (Å²) < 4.78 is 46.7. The fourth-order valence-corrected chi connectivity index (χ4v) is 5.35. The van der Waals surface area contributed by atoms with Crippen molar-refractivity contribution in [2.45, 2.75) is 24.4 Å². The van der Waals surface area contributed by atoms with Crippen LogP contribution < -0.4 is 14.8 Å². The Morgan fingerprint density at radius 1 is 0.905 bits per heavy atom. The number of rotatable bonds is 12. The van der Waals surface area contributed by atoms with Gasteiger partial charge in [0.15, 0.2) is 6.61 Å². The smallest absolute Gasteiger partial charge is 0.261 e. The number of carbonyl (C=O) groups excluding carboxylic acids is 2. The van der Waals surface area contributed by atoms with Crippen LogP contribution in [0.4, 0.5) is 10.1 Å². The van der Waals surface area contributed by atoms with Gasteiger partial charge < -0.3 is 15.0 Å². The predicted octanol–water partition coefficient (Wildman–Crippen LogP) is 5.56. The molecule has 0 aliphatic heterocycles. The van der Waals surface area contributed by atoms with Crippen LogP contribution in [0.5, 0.6) is 5.75 Å². The van der Waals surface area contributed by atoms with Crippen LogP contribution in [0, 0.1) is 5.82 Å². The second-order valence-corrected chi connectivity index (χ2v) is 11.3. The van der Waals surface area contributed by atoms with Gasteiger partial charge in [0.1, 0.15) is 17.6 Å². The number of likely N-dealkylation sites (N-methyl/N-ethyl adjacent to an activating group) is 1. The molecule has 0 aromatic heterocycles. The van der Waals surface area contributed by atoms with E-state index in [1.165, 1.54) is 41.3 Å². The summed E-state index contributed by atoms with van der Waals surface area (Å²) in [4.78, 5) is 28.3. The number of anilines is 1. The van der Waals surface area contributed by atoms with E-state index in [9.17, 15) is 22.4 Å². The highest BCUT2D eigenvalue weighted by molar-refractivity contribution is 7.92. The minimum absolute atomic E-state index is 0.0461. The van der Waals surface area contributed by atoms with Gasteiger partial charge >= 0.3 is 0 Å². The Bertz CT molecular complexity index is 1600. The maximum atomic E-state index is 13.6. The fraction of sp³-hybridized carbons (Fsp3) is 0.161. The van der Waals surface area contributed by atoms with E-state index in [1.54, 1.807) is 55.5 Å². The molecule has 2 amide bonds. The zero-order valence-electron chi connectivity index (χ0n) is 22.7. The zero-order valence-corrected chi connectivity index (χ0v) is 24.2. The van der Waals surface area contributed by atoms with Gasteiger partial charge in [-0.1, -0.05) is 54.1 Å². The van der Waals surface area contributed by atoms with Crippen LogP contribution in [-0.2, 0) is 26.2 Å². The number of benzene rings is 4. The summed E-state index contributed by atoms with van der Waals surface area (Å²) in [5.41, 5.74) is 1.61. The minimum Gasteiger partial charge on any atom is -0.484 e. The van der Waals surface area contributed by atoms with Crippen molar-refractivity contribution in [1.82, 2.24) is 10.2 Å². The second kappa shape index (κ2) is 14.0. The molecular weight excluding hydrogens is 581 g/mol. The number of hydrogen-bond donors (Lipinski definition) is 2. The molecule has 8 nitrogen and oxygen atoms in total. The monoisotopic (exact) mass is 609 g/mol. The van der Waals surface area contributed by atoms with E-state index >= 15 is 0 Å². The van der Waals surface area contributed by atoms with Crippen LogP contribution in [0.1, 0.15) is 24.1 Å². The van der Waals surface area contributed by atoms with Crippen LogP contribution in [0.25, 0.3) is 0 Å². The van der Waals surface area contributed by atoms with Crippen molar-refractivity contribution in [3.05, 3.63) is 125 Å². The molecule has 4 aromatic carbocycles. The Labute approximate surface area is 249 Å². The number of nitrogens with one attached hydrogen (secondary N) is 2. The van der Waals surface area contributed by atoms with E-state index < -0.39 is 34.4 Å². The lowest BCUT2D eigenvalue weighted by molar-refractivity contribution is -0.143. The molecule has 4 rings (SSSR count). The Balaban J connectivity index is 1.52. The van der Waals surface area contributed by atoms with Gasteiger partial charge in [0.25, 0.3) is 15.9 Å². The van der Waals surface area contributed by atoms with Gasteiger partial charge in [-0.25, -0.2) is 12.8 Å². The quantitative estimate of drug-likeness (QED) is 0.219. The Kier molecular flexibility index (Phi) is 10.2. The van der Waals surface area contributed by atoms with Gasteiger partial charge in [0, 0.05) is 23.8 Å². The molecule has 0 fully saturated rings. The van der Waals surface area contributed by atoms with Crippen molar-refractivity contribution in [3.63, 3.8) is 0 Å². The highest BCUT2D eigenvalue weighted by atomic mass is 35.5. The number of halogens is 2. The van der Waals surface area contributed by atoms with Crippen LogP contribution in [0.2, 0.25) is 5.02 Å². The standard InChI is InChI=1S/C31H29ClFN3O5S/c1-2-34-31(38)30(23-6-4-3-5-7-23)36(20-22-8-10-24(32)11-9-22)29(37)21-41-27-16-18-28(19-17-27)42(39,40)35-26-14-12-25(33)13-15-26/h3-19,30,35H,2,20-21H2,1H3,(H,34,38). The average Bonchev–Trinajstić information content (AvgIpc) is 2.98. The van der Waals surface area contributed by atoms with Crippen LogP contribution in [-0.4, -0.2) is 38.3 Å². The summed E-state index contributed by atoms with van der Waals surface area (Å²) in [6.07, 6.45) is 0. The van der Waals surface area contributed by atoms with Crippen molar-refractivity contribution in [3.8, 4) is 5.75 Å². The van der Waals surface area contributed by atoms with Crippen molar-refractivity contribution in [1.29, 1.82) is 0 Å². The normalized spacial score (nSPS) is 11.8. The molecule has 11 heteroatoms. The first-order valence-corrected chi connectivity index (χ1v) is 14.9. The van der Waals surface area contributed by atoms with Gasteiger partial charge in [-0.3, -0.25) is 14.3 Å². The third-order valence-corrected chi connectivity index (χ3v) is 7.85. The number of ether oxygens (including phenoxy) is 1. The van der Waals surface area contributed by atoms with E-state index in [0.717, 1.165) is 17.7 Å². The van der Waals surface area contributed by atoms with E-state index in [0.29, 0.717) is 17.1 Å². The second-order valence-electron chi connectivity index (χ2n) is 9.23. The summed E-state index contributed by atoms with van der Waals surface area (Å²) >= 11 is 6.04. The van der Waals surface area contributed by atoms with Crippen molar-refractivity contribution in [2.24, 2.45) is 0 Å². The number of nitrogens with zero attached hydrogens (tertiary/aromatic N) is 1. The lowest BCUT2D eigenvalue weighted by atomic mass is 10.0. The molecule has 1 atom stereocenters. The maximum Gasteiger partial charge on any atom is 0.261 e. The van der Waals surface area contributed by atoms with Crippen molar-refractivity contribution < 1.29 is 27.1 Å². The maximum absolute atomic E-state index is 13.6. The number of sulfonamides is 1. The summed E-state index contributed by atoms with van der Waals surface area (Å²) in [7, 11) is -3.94. The molecule has 0 aliphatic carbocycles. The lowest BCUT2D eigenvalue weighted by Gasteiger charge is -2.31. The van der Waals surface area contributed by atoms with Gasteiger partial charge in [0.2, 0.25) is 5.91 Å². The van der Waals surface area contributed by atoms with Crippen LogP contribution in [0.3, 0.4) is 0 Å². The van der Waals surface area contributed by atoms with Crippen LogP contribution >= 0.6 is 11.6 Å². The highest BCUT2D eigenvalue weighted by Gasteiger charge is 2.31. The first-order valence-electron chi connectivity index (χ1n) is 13.0. The lowest BCUT2D eigenvalue weighted by Crippen LogP contribution is -2.45.